The Balaban J connectivity index is 0.000000400. The van der Waals surface area contributed by atoms with Gasteiger partial charge in [0.1, 0.15) is 0 Å². The quantitative estimate of drug-likeness (QED) is 0.0932. The second-order valence-corrected chi connectivity index (χ2v) is 17.1. The molecule has 0 unspecified atom stereocenters. The Bertz CT molecular complexity index is 1460. The SMILES string of the molecule is CC(C)C(=O)/C=C(\O)C(C)C.Cc1[c-]c(-c2[c-]c3cc([Si](C)(C)C)ccc3c(-c3ccccc3)c2)cc(C)c1.[Ir]. The molecule has 4 rings (SSSR count). The van der Waals surface area contributed by atoms with Crippen LogP contribution in [0.2, 0.25) is 19.6 Å². The Morgan fingerprint density at radius 1 is 0.825 bits per heavy atom. The molecule has 4 aromatic rings. The Labute approximate surface area is 255 Å². The van der Waals surface area contributed by atoms with E-state index in [4.69, 9.17) is 0 Å². The second kappa shape index (κ2) is 14.2. The summed E-state index contributed by atoms with van der Waals surface area (Å²) in [4.78, 5) is 11.0. The van der Waals surface area contributed by atoms with Gasteiger partial charge in [0, 0.05) is 38.0 Å². The number of allylic oxidation sites excluding steroid dienone is 2. The van der Waals surface area contributed by atoms with Crippen molar-refractivity contribution >= 4 is 29.8 Å². The summed E-state index contributed by atoms with van der Waals surface area (Å²) >= 11 is 0. The largest absolute Gasteiger partial charge is 0.512 e. The summed E-state index contributed by atoms with van der Waals surface area (Å²) in [5.74, 6) is 0.161. The van der Waals surface area contributed by atoms with Gasteiger partial charge in [0.15, 0.2) is 5.78 Å². The van der Waals surface area contributed by atoms with Gasteiger partial charge < -0.3 is 5.11 Å². The van der Waals surface area contributed by atoms with E-state index in [1.807, 2.05) is 27.7 Å². The molecule has 0 amide bonds. The van der Waals surface area contributed by atoms with Crippen LogP contribution in [0.1, 0.15) is 38.8 Å². The van der Waals surface area contributed by atoms with Gasteiger partial charge in [-0.05, 0) is 5.56 Å². The Kier molecular flexibility index (Phi) is 11.9. The maximum absolute atomic E-state index is 11.0. The first-order chi connectivity index (χ1) is 18.3. The molecule has 0 bridgehead atoms. The molecule has 2 nitrogen and oxygen atoms in total. The van der Waals surface area contributed by atoms with E-state index < -0.39 is 8.07 Å². The van der Waals surface area contributed by atoms with Crippen LogP contribution in [0.4, 0.5) is 0 Å². The predicted octanol–water partition coefficient (Wildman–Crippen LogP) is 9.24. The third-order valence-corrected chi connectivity index (χ3v) is 8.75. The van der Waals surface area contributed by atoms with Crippen molar-refractivity contribution in [2.75, 3.05) is 0 Å². The van der Waals surface area contributed by atoms with E-state index in [1.165, 1.54) is 44.3 Å². The van der Waals surface area contributed by atoms with Crippen molar-refractivity contribution in [3.63, 3.8) is 0 Å². The number of fused-ring (bicyclic) bond motifs is 1. The van der Waals surface area contributed by atoms with Gasteiger partial charge in [0.05, 0.1) is 13.8 Å². The number of aliphatic hydroxyl groups excluding tert-OH is 1. The molecule has 0 saturated carbocycles. The van der Waals surface area contributed by atoms with E-state index in [0.29, 0.717) is 0 Å². The van der Waals surface area contributed by atoms with E-state index >= 15 is 0 Å². The zero-order valence-electron chi connectivity index (χ0n) is 25.3. The fourth-order valence-electron chi connectivity index (χ4n) is 4.27. The monoisotopic (exact) mass is 727 g/mol. The van der Waals surface area contributed by atoms with E-state index in [1.54, 1.807) is 0 Å². The summed E-state index contributed by atoms with van der Waals surface area (Å²) in [5.41, 5.74) is 7.17. The summed E-state index contributed by atoms with van der Waals surface area (Å²) in [5, 5.41) is 13.1. The van der Waals surface area contributed by atoms with Gasteiger partial charge >= 0.3 is 0 Å². The van der Waals surface area contributed by atoms with Crippen molar-refractivity contribution in [1.29, 1.82) is 0 Å². The summed E-state index contributed by atoms with van der Waals surface area (Å²) < 4.78 is 0. The normalized spacial score (nSPS) is 11.7. The van der Waals surface area contributed by atoms with E-state index in [-0.39, 0.29) is 43.5 Å². The van der Waals surface area contributed by atoms with E-state index in [2.05, 4.69) is 112 Å². The smallest absolute Gasteiger partial charge is 0.161 e. The van der Waals surface area contributed by atoms with Crippen molar-refractivity contribution in [1.82, 2.24) is 0 Å². The summed E-state index contributed by atoms with van der Waals surface area (Å²) in [6, 6.07) is 31.5. The number of carbonyl (C=O) groups excluding carboxylic acids is 1. The number of aliphatic hydroxyl groups is 1. The molecule has 0 aliphatic carbocycles. The van der Waals surface area contributed by atoms with Crippen molar-refractivity contribution in [3.05, 3.63) is 102 Å². The van der Waals surface area contributed by atoms with Crippen LogP contribution in [0.3, 0.4) is 0 Å². The first-order valence-electron chi connectivity index (χ1n) is 13.8. The van der Waals surface area contributed by atoms with E-state index in [9.17, 15) is 9.90 Å². The van der Waals surface area contributed by atoms with Crippen LogP contribution in [-0.2, 0) is 24.9 Å². The molecule has 0 aromatic heterocycles. The first-order valence-corrected chi connectivity index (χ1v) is 17.3. The molecule has 0 aliphatic rings. The molecule has 213 valence electrons. The molecular formula is C36H42IrO2Si-2. The van der Waals surface area contributed by atoms with Crippen LogP contribution < -0.4 is 5.19 Å². The zero-order chi connectivity index (χ0) is 28.9. The Morgan fingerprint density at radius 2 is 1.45 bits per heavy atom. The topological polar surface area (TPSA) is 37.3 Å². The fourth-order valence-corrected chi connectivity index (χ4v) is 5.43. The van der Waals surface area contributed by atoms with Crippen molar-refractivity contribution < 1.29 is 30.0 Å². The summed E-state index contributed by atoms with van der Waals surface area (Å²) in [6.45, 7) is 18.8. The maximum atomic E-state index is 11.0. The van der Waals surface area contributed by atoms with Gasteiger partial charge in [-0.25, -0.2) is 5.56 Å². The van der Waals surface area contributed by atoms with Gasteiger partial charge in [-0.3, -0.25) is 4.79 Å². The number of hydrogen-bond donors (Lipinski definition) is 1. The average Bonchev–Trinajstić information content (AvgIpc) is 2.87. The van der Waals surface area contributed by atoms with Gasteiger partial charge in [0.25, 0.3) is 0 Å². The number of benzene rings is 4. The Morgan fingerprint density at radius 3 is 2.00 bits per heavy atom. The van der Waals surface area contributed by atoms with Crippen LogP contribution in [0, 0.1) is 37.8 Å². The van der Waals surface area contributed by atoms with Crippen LogP contribution in [0.5, 0.6) is 0 Å². The molecule has 40 heavy (non-hydrogen) atoms. The molecule has 4 aromatic carbocycles. The van der Waals surface area contributed by atoms with Crippen molar-refractivity contribution in [2.24, 2.45) is 11.8 Å². The number of hydrogen-bond acceptors (Lipinski definition) is 2. The first kappa shape index (κ1) is 33.4. The minimum atomic E-state index is -1.39. The fraction of sp³-hybridized carbons (Fsp3) is 0.306. The Hall–Kier alpha value is -2.78. The van der Waals surface area contributed by atoms with Crippen LogP contribution >= 0.6 is 0 Å². The van der Waals surface area contributed by atoms with Crippen molar-refractivity contribution in [3.8, 4) is 22.3 Å². The molecule has 0 atom stereocenters. The number of carbonyl (C=O) groups is 1. The van der Waals surface area contributed by atoms with Crippen LogP contribution in [0.15, 0.2) is 78.6 Å². The van der Waals surface area contributed by atoms with E-state index in [0.717, 1.165) is 11.1 Å². The molecule has 0 heterocycles. The molecular weight excluding hydrogens is 685 g/mol. The minimum absolute atomic E-state index is 0. The van der Waals surface area contributed by atoms with Gasteiger partial charge in [-0.15, -0.1) is 28.6 Å². The summed E-state index contributed by atoms with van der Waals surface area (Å²) in [7, 11) is -1.39. The molecule has 4 heteroatoms. The second-order valence-electron chi connectivity index (χ2n) is 12.0. The molecule has 1 radical (unpaired) electrons. The third kappa shape index (κ3) is 8.86. The zero-order valence-corrected chi connectivity index (χ0v) is 28.7. The molecule has 0 aliphatic heterocycles. The minimum Gasteiger partial charge on any atom is -0.512 e. The predicted molar refractivity (Wildman–Crippen MR) is 170 cm³/mol. The maximum Gasteiger partial charge on any atom is 0.161 e. The number of aryl methyl sites for hydroxylation is 2. The van der Waals surface area contributed by atoms with Crippen molar-refractivity contribution in [2.45, 2.75) is 61.2 Å². The standard InChI is InChI=1S/C27H26Si.C9H16O2.Ir/c1-19-13-20(2)15-22(14-19)23-16-24-17-25(28(3,4)5)11-12-26(24)27(18-23)21-9-7-6-8-10-21;1-6(2)8(10)5-9(11)7(3)4;/h6-14,17-18H,1-5H3;5-7,10H,1-4H3;/q-2;;/b;8-5-;. The van der Waals surface area contributed by atoms with Crippen LogP contribution in [0.25, 0.3) is 33.0 Å². The number of rotatable bonds is 6. The van der Waals surface area contributed by atoms with Gasteiger partial charge in [-0.1, -0.05) is 120 Å². The average molecular weight is 727 g/mol. The molecule has 1 N–H and O–H groups in total. The van der Waals surface area contributed by atoms with Gasteiger partial charge in [0.2, 0.25) is 0 Å². The third-order valence-electron chi connectivity index (χ3n) is 6.71. The van der Waals surface area contributed by atoms with Crippen LogP contribution in [-0.4, -0.2) is 19.0 Å². The number of ketones is 1. The van der Waals surface area contributed by atoms with Gasteiger partial charge in [-0.2, -0.15) is 29.8 Å². The summed E-state index contributed by atoms with van der Waals surface area (Å²) in [6.07, 6.45) is 1.31. The molecule has 0 spiro atoms. The molecule has 0 fully saturated rings. The molecule has 0 saturated heterocycles.